The molecule has 9 heteroatoms. The molecule has 1 amide bonds. The molecule has 2 aromatic carbocycles. The van der Waals surface area contributed by atoms with Crippen LogP contribution in [0.15, 0.2) is 48.5 Å². The molecule has 0 saturated heterocycles. The molecule has 8 nitrogen and oxygen atoms in total. The number of hydrogen-bond acceptors (Lipinski definition) is 6. The van der Waals surface area contributed by atoms with Gasteiger partial charge in [0.1, 0.15) is 18.0 Å². The first-order valence-corrected chi connectivity index (χ1v) is 8.59. The van der Waals surface area contributed by atoms with Gasteiger partial charge in [0.25, 0.3) is 11.6 Å². The van der Waals surface area contributed by atoms with Crippen LogP contribution >= 0.6 is 12.2 Å². The van der Waals surface area contributed by atoms with Gasteiger partial charge in [-0.25, -0.2) is 0 Å². The van der Waals surface area contributed by atoms with E-state index in [0.29, 0.717) is 31.1 Å². The maximum absolute atomic E-state index is 12.5. The molecule has 142 valence electrons. The van der Waals surface area contributed by atoms with E-state index in [0.717, 1.165) is 0 Å². The van der Waals surface area contributed by atoms with Gasteiger partial charge >= 0.3 is 0 Å². The van der Waals surface area contributed by atoms with Crippen LogP contribution < -0.4 is 15.4 Å². The average molecular weight is 389 g/mol. The summed E-state index contributed by atoms with van der Waals surface area (Å²) < 4.78 is 10.8. The summed E-state index contributed by atoms with van der Waals surface area (Å²) in [7, 11) is 0. The standard InChI is InChI=1S/C18H19N3O5S/c1-2-25-11-12-26-16-10-6-3-7-13(16)17(22)20-18(27)19-14-8-4-5-9-15(14)21(23)24/h3-10H,2,11-12H2,1H3,(H2,19,20,22,27). The van der Waals surface area contributed by atoms with E-state index >= 15 is 0 Å². The fraction of sp³-hybridized carbons (Fsp3) is 0.222. The van der Waals surface area contributed by atoms with Crippen LogP contribution in [-0.4, -0.2) is 35.8 Å². The molecule has 0 fully saturated rings. The highest BCUT2D eigenvalue weighted by Gasteiger charge is 2.16. The summed E-state index contributed by atoms with van der Waals surface area (Å²) >= 11 is 5.10. The summed E-state index contributed by atoms with van der Waals surface area (Å²) in [6.07, 6.45) is 0. The zero-order valence-corrected chi connectivity index (χ0v) is 15.5. The van der Waals surface area contributed by atoms with Crippen molar-refractivity contribution in [2.75, 3.05) is 25.1 Å². The van der Waals surface area contributed by atoms with Gasteiger partial charge in [0, 0.05) is 12.7 Å². The molecule has 2 rings (SSSR count). The van der Waals surface area contributed by atoms with Gasteiger partial charge in [-0.05, 0) is 37.3 Å². The summed E-state index contributed by atoms with van der Waals surface area (Å²) in [6, 6.07) is 12.7. The monoisotopic (exact) mass is 389 g/mol. The van der Waals surface area contributed by atoms with Gasteiger partial charge in [-0.15, -0.1) is 0 Å². The highest BCUT2D eigenvalue weighted by atomic mass is 32.1. The number of amides is 1. The minimum absolute atomic E-state index is 0.0570. The van der Waals surface area contributed by atoms with Crippen LogP contribution in [0.25, 0.3) is 0 Å². The lowest BCUT2D eigenvalue weighted by molar-refractivity contribution is -0.383. The van der Waals surface area contributed by atoms with E-state index in [1.807, 2.05) is 6.92 Å². The molecule has 0 radical (unpaired) electrons. The number of carbonyl (C=O) groups excluding carboxylic acids is 1. The summed E-state index contributed by atoms with van der Waals surface area (Å²) in [4.78, 5) is 23.0. The Balaban J connectivity index is 2.03. The lowest BCUT2D eigenvalue weighted by Gasteiger charge is -2.13. The van der Waals surface area contributed by atoms with Gasteiger partial charge in [0.2, 0.25) is 0 Å². The van der Waals surface area contributed by atoms with Crippen molar-refractivity contribution in [2.45, 2.75) is 6.92 Å². The van der Waals surface area contributed by atoms with E-state index in [9.17, 15) is 14.9 Å². The smallest absolute Gasteiger partial charge is 0.292 e. The Morgan fingerprint density at radius 2 is 1.85 bits per heavy atom. The number of hydrogen-bond donors (Lipinski definition) is 2. The van der Waals surface area contributed by atoms with Crippen molar-refractivity contribution in [2.24, 2.45) is 0 Å². The van der Waals surface area contributed by atoms with Gasteiger partial charge in [-0.2, -0.15) is 0 Å². The summed E-state index contributed by atoms with van der Waals surface area (Å²) in [5, 5.41) is 16.2. The number of para-hydroxylation sites is 3. The lowest BCUT2D eigenvalue weighted by Crippen LogP contribution is -2.34. The number of benzene rings is 2. The number of nitro benzene ring substituents is 1. The molecule has 0 heterocycles. The van der Waals surface area contributed by atoms with Crippen molar-refractivity contribution in [1.82, 2.24) is 5.32 Å². The number of nitro groups is 1. The topological polar surface area (TPSA) is 103 Å². The summed E-state index contributed by atoms with van der Waals surface area (Å²) in [6.45, 7) is 3.17. The molecule has 2 aromatic rings. The SMILES string of the molecule is CCOCCOc1ccccc1C(=O)NC(=S)Nc1ccccc1[N+](=O)[O-]. The van der Waals surface area contributed by atoms with Crippen molar-refractivity contribution in [3.8, 4) is 5.75 Å². The van der Waals surface area contributed by atoms with Crippen LogP contribution in [0.5, 0.6) is 5.75 Å². The number of nitrogens with zero attached hydrogens (tertiary/aromatic N) is 1. The highest BCUT2D eigenvalue weighted by Crippen LogP contribution is 2.23. The largest absolute Gasteiger partial charge is 0.490 e. The molecule has 0 atom stereocenters. The van der Waals surface area contributed by atoms with Crippen molar-refractivity contribution in [3.05, 3.63) is 64.2 Å². The Bertz CT molecular complexity index is 828. The Kier molecular flexibility index (Phi) is 7.65. The Morgan fingerprint density at radius 1 is 1.15 bits per heavy atom. The Labute approximate surface area is 161 Å². The van der Waals surface area contributed by atoms with E-state index in [2.05, 4.69) is 10.6 Å². The Morgan fingerprint density at radius 3 is 2.59 bits per heavy atom. The number of nitrogens with one attached hydrogen (secondary N) is 2. The van der Waals surface area contributed by atoms with E-state index in [1.165, 1.54) is 12.1 Å². The molecule has 0 aromatic heterocycles. The van der Waals surface area contributed by atoms with Gasteiger partial charge in [-0.1, -0.05) is 24.3 Å². The number of anilines is 1. The molecule has 0 saturated carbocycles. The second-order valence-electron chi connectivity index (χ2n) is 5.22. The van der Waals surface area contributed by atoms with E-state index in [-0.39, 0.29) is 16.5 Å². The van der Waals surface area contributed by atoms with Crippen LogP contribution in [0.1, 0.15) is 17.3 Å². The zero-order valence-electron chi connectivity index (χ0n) is 14.6. The lowest BCUT2D eigenvalue weighted by atomic mass is 10.2. The zero-order chi connectivity index (χ0) is 19.6. The normalized spacial score (nSPS) is 10.1. The Hall–Kier alpha value is -3.04. The maximum atomic E-state index is 12.5. The molecule has 0 spiro atoms. The third-order valence-corrected chi connectivity index (χ3v) is 3.60. The quantitative estimate of drug-likeness (QED) is 0.309. The second-order valence-corrected chi connectivity index (χ2v) is 5.63. The molecule has 27 heavy (non-hydrogen) atoms. The van der Waals surface area contributed by atoms with Gasteiger partial charge in [-0.3, -0.25) is 20.2 Å². The average Bonchev–Trinajstić information content (AvgIpc) is 2.65. The fourth-order valence-electron chi connectivity index (χ4n) is 2.20. The van der Waals surface area contributed by atoms with Gasteiger partial charge in [0.15, 0.2) is 5.11 Å². The van der Waals surface area contributed by atoms with E-state index < -0.39 is 10.8 Å². The predicted molar refractivity (Wildman–Crippen MR) is 105 cm³/mol. The first kappa shape index (κ1) is 20.3. The van der Waals surface area contributed by atoms with E-state index in [4.69, 9.17) is 21.7 Å². The molecule has 0 aliphatic heterocycles. The van der Waals surface area contributed by atoms with Crippen LogP contribution in [0.3, 0.4) is 0 Å². The summed E-state index contributed by atoms with van der Waals surface area (Å²) in [5.41, 5.74) is 0.337. The third kappa shape index (κ3) is 6.01. The van der Waals surface area contributed by atoms with Crippen molar-refractivity contribution in [3.63, 3.8) is 0 Å². The first-order valence-electron chi connectivity index (χ1n) is 8.18. The maximum Gasteiger partial charge on any atom is 0.292 e. The van der Waals surface area contributed by atoms with Gasteiger partial charge in [0.05, 0.1) is 17.1 Å². The van der Waals surface area contributed by atoms with Crippen molar-refractivity contribution in [1.29, 1.82) is 0 Å². The van der Waals surface area contributed by atoms with E-state index in [1.54, 1.807) is 36.4 Å². The van der Waals surface area contributed by atoms with Crippen LogP contribution in [-0.2, 0) is 4.74 Å². The minimum Gasteiger partial charge on any atom is -0.490 e. The first-order chi connectivity index (χ1) is 13.0. The van der Waals surface area contributed by atoms with Crippen LogP contribution in [0.2, 0.25) is 0 Å². The minimum atomic E-state index is -0.533. The highest BCUT2D eigenvalue weighted by molar-refractivity contribution is 7.80. The molecule has 0 aliphatic carbocycles. The number of ether oxygens (including phenoxy) is 2. The number of thiocarbonyl (C=S) groups is 1. The molecule has 0 unspecified atom stereocenters. The molecule has 2 N–H and O–H groups in total. The summed E-state index contributed by atoms with van der Waals surface area (Å²) in [5.74, 6) is -0.0960. The second kappa shape index (κ2) is 10.2. The molecular formula is C18H19N3O5S. The molecular weight excluding hydrogens is 370 g/mol. The number of carbonyl (C=O) groups is 1. The number of rotatable bonds is 8. The molecule has 0 aliphatic rings. The van der Waals surface area contributed by atoms with Crippen LogP contribution in [0, 0.1) is 10.1 Å². The molecule has 0 bridgehead atoms. The van der Waals surface area contributed by atoms with Gasteiger partial charge < -0.3 is 14.8 Å². The van der Waals surface area contributed by atoms with Crippen LogP contribution in [0.4, 0.5) is 11.4 Å². The fourth-order valence-corrected chi connectivity index (χ4v) is 2.40. The predicted octanol–water partition coefficient (Wildman–Crippen LogP) is 3.14. The third-order valence-electron chi connectivity index (χ3n) is 3.40. The van der Waals surface area contributed by atoms with Crippen molar-refractivity contribution < 1.29 is 19.2 Å². The van der Waals surface area contributed by atoms with Crippen molar-refractivity contribution >= 4 is 34.6 Å².